The summed E-state index contributed by atoms with van der Waals surface area (Å²) >= 11 is 7.77. The summed E-state index contributed by atoms with van der Waals surface area (Å²) in [6, 6.07) is 10.3. The van der Waals surface area contributed by atoms with E-state index in [2.05, 4.69) is 0 Å². The molecule has 9 heteroatoms. The van der Waals surface area contributed by atoms with Gasteiger partial charge in [0.1, 0.15) is 0 Å². The molecule has 0 unspecified atom stereocenters. The molecule has 1 heterocycles. The summed E-state index contributed by atoms with van der Waals surface area (Å²) in [6.07, 6.45) is 3.68. The topological polar surface area (TPSA) is 116 Å². The molecule has 5 rings (SSSR count). The molecule has 3 aromatic rings. The van der Waals surface area contributed by atoms with E-state index in [1.54, 1.807) is 17.4 Å². The lowest BCUT2D eigenvalue weighted by Crippen LogP contribution is -2.46. The van der Waals surface area contributed by atoms with Gasteiger partial charge in [0.05, 0.1) is 20.1 Å². The highest BCUT2D eigenvalue weighted by Crippen LogP contribution is 2.67. The summed E-state index contributed by atoms with van der Waals surface area (Å²) in [6.45, 7) is 0. The standard InChI is InChI=1S/C21H20ClN3O3S2/c22-13-4-5-16-15(6-13)25-20(29-16)12-9-21(10-12)7-11(8-21)18-14(19(23)26)2-1-3-17(18)30(24,27)28/h1-6,11-12H,7-10H2,(H2,23,26)(H2,24,27,28). The molecule has 2 saturated carbocycles. The van der Waals surface area contributed by atoms with Gasteiger partial charge < -0.3 is 5.73 Å². The molecule has 1 spiro atoms. The fourth-order valence-corrected chi connectivity index (χ4v) is 7.27. The Balaban J connectivity index is 1.36. The van der Waals surface area contributed by atoms with E-state index in [1.165, 1.54) is 12.1 Å². The lowest BCUT2D eigenvalue weighted by atomic mass is 9.47. The zero-order valence-corrected chi connectivity index (χ0v) is 18.4. The molecule has 1 aromatic heterocycles. The van der Waals surface area contributed by atoms with Crippen LogP contribution < -0.4 is 10.9 Å². The van der Waals surface area contributed by atoms with Gasteiger partial charge in [0, 0.05) is 16.5 Å². The number of primary sulfonamides is 1. The van der Waals surface area contributed by atoms with Crippen molar-refractivity contribution in [2.75, 3.05) is 0 Å². The summed E-state index contributed by atoms with van der Waals surface area (Å²) in [5.41, 5.74) is 7.35. The number of amides is 1. The largest absolute Gasteiger partial charge is 0.366 e. The van der Waals surface area contributed by atoms with Crippen molar-refractivity contribution >= 4 is 49.1 Å². The summed E-state index contributed by atoms with van der Waals surface area (Å²) in [7, 11) is -3.94. The van der Waals surface area contributed by atoms with E-state index >= 15 is 0 Å². The minimum atomic E-state index is -3.94. The fourth-order valence-electron chi connectivity index (χ4n) is 5.20. The Bertz CT molecular complexity index is 1290. The van der Waals surface area contributed by atoms with Crippen LogP contribution in [0.25, 0.3) is 10.2 Å². The molecule has 2 aromatic carbocycles. The Morgan fingerprint density at radius 1 is 1.13 bits per heavy atom. The van der Waals surface area contributed by atoms with Gasteiger partial charge in [-0.25, -0.2) is 18.5 Å². The maximum Gasteiger partial charge on any atom is 0.249 e. The normalized spacial score (nSPS) is 25.8. The fraction of sp³-hybridized carbons (Fsp3) is 0.333. The molecule has 2 aliphatic carbocycles. The lowest BCUT2D eigenvalue weighted by Gasteiger charge is -2.58. The number of fused-ring (bicyclic) bond motifs is 1. The van der Waals surface area contributed by atoms with Crippen molar-refractivity contribution in [1.29, 1.82) is 0 Å². The molecule has 2 aliphatic rings. The molecular formula is C21H20ClN3O3S2. The number of nitrogens with two attached hydrogens (primary N) is 2. The molecule has 0 saturated heterocycles. The number of nitrogens with zero attached hydrogens (tertiary/aromatic N) is 1. The van der Waals surface area contributed by atoms with Crippen molar-refractivity contribution in [3.63, 3.8) is 0 Å². The maximum absolute atomic E-state index is 12.1. The summed E-state index contributed by atoms with van der Waals surface area (Å²) in [4.78, 5) is 16.7. The van der Waals surface area contributed by atoms with E-state index in [4.69, 9.17) is 27.5 Å². The Labute approximate surface area is 183 Å². The van der Waals surface area contributed by atoms with Crippen LogP contribution in [0.5, 0.6) is 0 Å². The number of thiazole rings is 1. The van der Waals surface area contributed by atoms with Gasteiger partial charge in [0.15, 0.2) is 0 Å². The molecule has 0 atom stereocenters. The predicted molar refractivity (Wildman–Crippen MR) is 117 cm³/mol. The number of benzene rings is 2. The Hall–Kier alpha value is -2.00. The van der Waals surface area contributed by atoms with Crippen LogP contribution in [0.15, 0.2) is 41.3 Å². The van der Waals surface area contributed by atoms with Gasteiger partial charge in [0.2, 0.25) is 15.9 Å². The van der Waals surface area contributed by atoms with E-state index in [9.17, 15) is 13.2 Å². The Morgan fingerprint density at radius 2 is 1.83 bits per heavy atom. The van der Waals surface area contributed by atoms with Crippen molar-refractivity contribution in [3.05, 3.63) is 57.6 Å². The quantitative estimate of drug-likeness (QED) is 0.607. The van der Waals surface area contributed by atoms with Crippen molar-refractivity contribution in [3.8, 4) is 0 Å². The highest BCUT2D eigenvalue weighted by molar-refractivity contribution is 7.89. The summed E-state index contributed by atoms with van der Waals surface area (Å²) in [5.74, 6) is -0.251. The van der Waals surface area contributed by atoms with E-state index in [0.29, 0.717) is 16.5 Å². The van der Waals surface area contributed by atoms with Gasteiger partial charge in [-0.2, -0.15) is 0 Å². The minimum absolute atomic E-state index is 0.0116. The van der Waals surface area contributed by atoms with E-state index in [-0.39, 0.29) is 21.8 Å². The number of halogens is 1. The smallest absolute Gasteiger partial charge is 0.249 e. The van der Waals surface area contributed by atoms with Crippen molar-refractivity contribution in [2.24, 2.45) is 16.3 Å². The van der Waals surface area contributed by atoms with Crippen LogP contribution >= 0.6 is 22.9 Å². The molecule has 0 bridgehead atoms. The van der Waals surface area contributed by atoms with Crippen LogP contribution in [0, 0.1) is 5.41 Å². The number of carbonyl (C=O) groups is 1. The molecule has 156 valence electrons. The number of rotatable bonds is 4. The molecule has 4 N–H and O–H groups in total. The van der Waals surface area contributed by atoms with Crippen molar-refractivity contribution in [1.82, 2.24) is 4.98 Å². The number of hydrogen-bond acceptors (Lipinski definition) is 5. The maximum atomic E-state index is 12.1. The average Bonchev–Trinajstić information content (AvgIpc) is 3.00. The highest BCUT2D eigenvalue weighted by Gasteiger charge is 2.55. The number of sulfonamides is 1. The second kappa shape index (κ2) is 6.75. The first-order valence-electron chi connectivity index (χ1n) is 9.67. The second-order valence-corrected chi connectivity index (χ2v) is 11.5. The zero-order valence-electron chi connectivity index (χ0n) is 16.0. The first-order chi connectivity index (χ1) is 14.2. The summed E-state index contributed by atoms with van der Waals surface area (Å²) in [5, 5.41) is 7.22. The minimum Gasteiger partial charge on any atom is -0.366 e. The lowest BCUT2D eigenvalue weighted by molar-refractivity contribution is -0.0121. The van der Waals surface area contributed by atoms with Gasteiger partial charge in [-0.05, 0) is 72.9 Å². The first kappa shape index (κ1) is 19.9. The van der Waals surface area contributed by atoms with Crippen LogP contribution in [0.3, 0.4) is 0 Å². The molecule has 0 radical (unpaired) electrons. The van der Waals surface area contributed by atoms with E-state index in [1.807, 2.05) is 18.2 Å². The van der Waals surface area contributed by atoms with Crippen LogP contribution in [-0.4, -0.2) is 19.3 Å². The number of aromatic nitrogens is 1. The predicted octanol–water partition coefficient (Wildman–Crippen LogP) is 4.14. The van der Waals surface area contributed by atoms with Crippen LogP contribution in [0.2, 0.25) is 5.02 Å². The van der Waals surface area contributed by atoms with Crippen LogP contribution in [0.1, 0.15) is 58.4 Å². The van der Waals surface area contributed by atoms with Gasteiger partial charge in [-0.15, -0.1) is 11.3 Å². The average molecular weight is 462 g/mol. The zero-order chi connectivity index (χ0) is 21.3. The highest BCUT2D eigenvalue weighted by atomic mass is 35.5. The molecule has 2 fully saturated rings. The van der Waals surface area contributed by atoms with E-state index in [0.717, 1.165) is 40.9 Å². The number of carbonyl (C=O) groups excluding carboxylic acids is 1. The number of primary amides is 1. The third kappa shape index (κ3) is 3.22. The first-order valence-corrected chi connectivity index (χ1v) is 12.4. The Morgan fingerprint density at radius 3 is 2.50 bits per heavy atom. The number of hydrogen-bond donors (Lipinski definition) is 2. The Kier molecular flexibility index (Phi) is 4.49. The van der Waals surface area contributed by atoms with Gasteiger partial charge >= 0.3 is 0 Å². The monoisotopic (exact) mass is 461 g/mol. The third-order valence-electron chi connectivity index (χ3n) is 6.48. The van der Waals surface area contributed by atoms with Gasteiger partial charge in [0.25, 0.3) is 0 Å². The van der Waals surface area contributed by atoms with E-state index < -0.39 is 15.9 Å². The molecular weight excluding hydrogens is 442 g/mol. The third-order valence-corrected chi connectivity index (χ3v) is 8.88. The van der Waals surface area contributed by atoms with Gasteiger partial charge in [-0.3, -0.25) is 4.79 Å². The molecule has 6 nitrogen and oxygen atoms in total. The van der Waals surface area contributed by atoms with Crippen molar-refractivity contribution in [2.45, 2.75) is 42.4 Å². The molecule has 1 amide bonds. The van der Waals surface area contributed by atoms with Crippen LogP contribution in [0.4, 0.5) is 0 Å². The summed E-state index contributed by atoms with van der Waals surface area (Å²) < 4.78 is 25.3. The second-order valence-electron chi connectivity index (χ2n) is 8.50. The molecule has 30 heavy (non-hydrogen) atoms. The van der Waals surface area contributed by atoms with Crippen molar-refractivity contribution < 1.29 is 13.2 Å². The molecule has 0 aliphatic heterocycles. The SMILES string of the molecule is NC(=O)c1cccc(S(N)(=O)=O)c1C1CC2(CC(c3nc4cc(Cl)ccc4s3)C2)C1. The van der Waals surface area contributed by atoms with Gasteiger partial charge in [-0.1, -0.05) is 17.7 Å². The van der Waals surface area contributed by atoms with Crippen LogP contribution in [-0.2, 0) is 10.0 Å².